The molecule has 0 unspecified atom stereocenters. The molecule has 2 heterocycles. The van der Waals surface area contributed by atoms with Gasteiger partial charge in [0.05, 0.1) is 16.4 Å². The summed E-state index contributed by atoms with van der Waals surface area (Å²) in [6.45, 7) is 0. The average Bonchev–Trinajstić information content (AvgIpc) is 4.03. The van der Waals surface area contributed by atoms with Gasteiger partial charge in [0.25, 0.3) is 0 Å². The molecule has 2 aliphatic rings. The highest BCUT2D eigenvalue weighted by atomic mass is 15.2. The predicted octanol–water partition coefficient (Wildman–Crippen LogP) is 15.6. The third-order valence-electron chi connectivity index (χ3n) is 14.3. The first kappa shape index (κ1) is 38.3. The molecule has 0 bridgehead atoms. The monoisotopic (exact) mass is 864 g/mol. The van der Waals surface area contributed by atoms with Crippen LogP contribution in [0.4, 0.5) is 0 Å². The molecule has 2 aliphatic carbocycles. The molecule has 0 radical (unpaired) electrons. The Morgan fingerprint density at radius 1 is 0.294 bits per heavy atom. The minimum Gasteiger partial charge on any atom is -0.277 e. The molecule has 0 atom stereocenters. The molecular formula is C64H40N4. The zero-order valence-electron chi connectivity index (χ0n) is 36.9. The van der Waals surface area contributed by atoms with Crippen LogP contribution in [0.2, 0.25) is 0 Å². The second-order valence-corrected chi connectivity index (χ2v) is 17.9. The Labute approximate surface area is 394 Å². The normalized spacial score (nSPS) is 12.8. The van der Waals surface area contributed by atoms with Crippen LogP contribution < -0.4 is 0 Å². The molecule has 14 rings (SSSR count). The summed E-state index contributed by atoms with van der Waals surface area (Å²) < 4.78 is 2.31. The van der Waals surface area contributed by atoms with Crippen molar-refractivity contribution in [3.8, 4) is 84.4 Å². The van der Waals surface area contributed by atoms with E-state index in [2.05, 4.69) is 229 Å². The lowest BCUT2D eigenvalue weighted by Gasteiger charge is -2.30. The quantitative estimate of drug-likeness (QED) is 0.167. The fraction of sp³-hybridized carbons (Fsp3) is 0.0156. The van der Waals surface area contributed by atoms with Gasteiger partial charge < -0.3 is 0 Å². The summed E-state index contributed by atoms with van der Waals surface area (Å²) in [5.41, 5.74) is 20.5. The Hall–Kier alpha value is -8.99. The van der Waals surface area contributed by atoms with Crippen LogP contribution >= 0.6 is 0 Å². The van der Waals surface area contributed by atoms with Gasteiger partial charge in [-0.25, -0.2) is 4.98 Å². The Kier molecular flexibility index (Phi) is 8.46. The second-order valence-electron chi connectivity index (χ2n) is 17.9. The summed E-state index contributed by atoms with van der Waals surface area (Å²) in [7, 11) is 0. The highest BCUT2D eigenvalue weighted by molar-refractivity contribution is 6.16. The average molecular weight is 865 g/mol. The maximum absolute atomic E-state index is 5.52. The highest BCUT2D eigenvalue weighted by Gasteiger charge is 2.52. The van der Waals surface area contributed by atoms with Gasteiger partial charge in [0.15, 0.2) is 11.6 Å². The molecule has 4 heteroatoms. The van der Waals surface area contributed by atoms with Crippen LogP contribution in [-0.4, -0.2) is 19.5 Å². The van der Waals surface area contributed by atoms with Crippen LogP contribution in [0.3, 0.4) is 0 Å². The van der Waals surface area contributed by atoms with Crippen molar-refractivity contribution in [2.45, 2.75) is 5.41 Å². The zero-order valence-corrected chi connectivity index (χ0v) is 36.9. The summed E-state index contributed by atoms with van der Waals surface area (Å²) in [5, 5.41) is 2.30. The number of hydrogen-bond donors (Lipinski definition) is 0. The van der Waals surface area contributed by atoms with E-state index in [9.17, 15) is 0 Å². The Morgan fingerprint density at radius 3 is 1.38 bits per heavy atom. The lowest BCUT2D eigenvalue weighted by Crippen LogP contribution is -2.25. The predicted molar refractivity (Wildman–Crippen MR) is 278 cm³/mol. The number of rotatable bonds is 6. The third-order valence-corrected chi connectivity index (χ3v) is 14.3. The first-order valence-corrected chi connectivity index (χ1v) is 23.3. The van der Waals surface area contributed by atoms with Crippen LogP contribution in [0.5, 0.6) is 0 Å². The molecule has 0 amide bonds. The van der Waals surface area contributed by atoms with Crippen molar-refractivity contribution in [2.24, 2.45) is 0 Å². The molecule has 2 aromatic heterocycles. The topological polar surface area (TPSA) is 43.6 Å². The second kappa shape index (κ2) is 15.0. The van der Waals surface area contributed by atoms with Gasteiger partial charge >= 0.3 is 0 Å². The molecule has 0 N–H and O–H groups in total. The van der Waals surface area contributed by atoms with Crippen LogP contribution in [0, 0.1) is 0 Å². The maximum Gasteiger partial charge on any atom is 0.238 e. The number of nitrogens with zero attached hydrogens (tertiary/aromatic N) is 4. The lowest BCUT2D eigenvalue weighted by atomic mass is 9.70. The largest absolute Gasteiger partial charge is 0.277 e. The van der Waals surface area contributed by atoms with Crippen molar-refractivity contribution in [3.63, 3.8) is 0 Å². The smallest absolute Gasteiger partial charge is 0.238 e. The van der Waals surface area contributed by atoms with Crippen molar-refractivity contribution in [1.82, 2.24) is 19.5 Å². The van der Waals surface area contributed by atoms with Gasteiger partial charge in [-0.15, -0.1) is 0 Å². The lowest BCUT2D eigenvalue weighted by molar-refractivity contribution is 0.794. The van der Waals surface area contributed by atoms with E-state index in [-0.39, 0.29) is 0 Å². The van der Waals surface area contributed by atoms with Gasteiger partial charge in [-0.2, -0.15) is 9.97 Å². The molecule has 4 nitrogen and oxygen atoms in total. The molecule has 10 aromatic carbocycles. The van der Waals surface area contributed by atoms with Gasteiger partial charge in [-0.1, -0.05) is 212 Å². The van der Waals surface area contributed by atoms with E-state index in [1.165, 1.54) is 55.6 Å². The summed E-state index contributed by atoms with van der Waals surface area (Å²) in [4.78, 5) is 16.2. The number of aromatic nitrogens is 4. The summed E-state index contributed by atoms with van der Waals surface area (Å²) >= 11 is 0. The van der Waals surface area contributed by atoms with E-state index in [0.29, 0.717) is 17.6 Å². The van der Waals surface area contributed by atoms with Crippen molar-refractivity contribution in [3.05, 3.63) is 265 Å². The molecule has 316 valence electrons. The SMILES string of the molecule is c1ccc(-c2cc(-c3ccccc3)cc(-c3cccc(-c4nc(-c5ccccc5)nc(-n5c6ccccc6c6ccc7c(c65)-c5ccccc5C75c6ccccc6-c6ccccc65)n4)c3)c2)cc1. The number of benzene rings is 10. The number of fused-ring (bicyclic) bond motifs is 14. The maximum atomic E-state index is 5.52. The molecule has 0 fully saturated rings. The van der Waals surface area contributed by atoms with E-state index in [0.717, 1.165) is 55.2 Å². The highest BCUT2D eigenvalue weighted by Crippen LogP contribution is 2.64. The Bertz CT molecular complexity index is 3860. The molecule has 12 aromatic rings. The summed E-state index contributed by atoms with van der Waals surface area (Å²) in [6, 6.07) is 87.4. The van der Waals surface area contributed by atoms with Crippen LogP contribution in [0.1, 0.15) is 22.3 Å². The molecular weight excluding hydrogens is 825 g/mol. The van der Waals surface area contributed by atoms with Crippen molar-refractivity contribution in [2.75, 3.05) is 0 Å². The third kappa shape index (κ3) is 5.64. The van der Waals surface area contributed by atoms with Gasteiger partial charge in [0.2, 0.25) is 5.95 Å². The molecule has 0 aliphatic heterocycles. The van der Waals surface area contributed by atoms with Crippen LogP contribution in [-0.2, 0) is 5.41 Å². The van der Waals surface area contributed by atoms with E-state index in [1.54, 1.807) is 0 Å². The fourth-order valence-electron chi connectivity index (χ4n) is 11.4. The van der Waals surface area contributed by atoms with Gasteiger partial charge in [-0.3, -0.25) is 4.57 Å². The first-order chi connectivity index (χ1) is 33.7. The zero-order chi connectivity index (χ0) is 44.8. The van der Waals surface area contributed by atoms with Crippen molar-refractivity contribution >= 4 is 21.8 Å². The minimum atomic E-state index is -0.493. The Balaban J connectivity index is 1.02. The molecule has 0 saturated heterocycles. The van der Waals surface area contributed by atoms with Gasteiger partial charge in [0, 0.05) is 27.5 Å². The minimum absolute atomic E-state index is 0.493. The van der Waals surface area contributed by atoms with E-state index >= 15 is 0 Å². The van der Waals surface area contributed by atoms with Crippen LogP contribution in [0.15, 0.2) is 243 Å². The summed E-state index contributed by atoms with van der Waals surface area (Å²) in [6.07, 6.45) is 0. The van der Waals surface area contributed by atoms with Crippen LogP contribution in [0.25, 0.3) is 106 Å². The number of para-hydroxylation sites is 1. The van der Waals surface area contributed by atoms with Gasteiger partial charge in [-0.05, 0) is 103 Å². The summed E-state index contributed by atoms with van der Waals surface area (Å²) in [5.74, 6) is 1.79. The van der Waals surface area contributed by atoms with E-state index in [1.807, 2.05) is 18.2 Å². The van der Waals surface area contributed by atoms with Crippen molar-refractivity contribution < 1.29 is 0 Å². The van der Waals surface area contributed by atoms with E-state index < -0.39 is 5.41 Å². The first-order valence-electron chi connectivity index (χ1n) is 23.3. The molecule has 0 saturated carbocycles. The Morgan fingerprint density at radius 2 is 0.750 bits per heavy atom. The molecule has 68 heavy (non-hydrogen) atoms. The fourth-order valence-corrected chi connectivity index (χ4v) is 11.4. The van der Waals surface area contributed by atoms with E-state index in [4.69, 9.17) is 15.0 Å². The van der Waals surface area contributed by atoms with Gasteiger partial charge in [0.1, 0.15) is 0 Å². The van der Waals surface area contributed by atoms with Crippen molar-refractivity contribution in [1.29, 1.82) is 0 Å². The number of hydrogen-bond acceptors (Lipinski definition) is 3. The molecule has 1 spiro atoms. The standard InChI is InChI=1S/C64H40N4/c1-4-19-41(20-5-1)46-38-47(42-21-6-2-7-22-42)40-48(39-46)44-25-18-26-45(37-44)62-65-61(43-23-8-3-9-24-43)66-63(67-62)68-58-34-17-13-29-51(58)52-35-36-57-59(60(52)68)53-30-12-16-33-56(53)64(57)54-31-14-10-27-49(54)50-28-11-15-32-55(50)64/h1-40H.